The van der Waals surface area contributed by atoms with Gasteiger partial charge in [-0.25, -0.2) is 4.99 Å². The molecular formula is C28H28ClN3O4S. The largest absolute Gasteiger partial charge is 0.493 e. The Morgan fingerprint density at radius 1 is 1.00 bits per heavy atom. The average Bonchev–Trinajstić information content (AvgIpc) is 2.91. The highest BCUT2D eigenvalue weighted by Gasteiger charge is 2.31. The van der Waals surface area contributed by atoms with Crippen LogP contribution >= 0.6 is 23.4 Å². The predicted octanol–water partition coefficient (Wildman–Crippen LogP) is 6.21. The summed E-state index contributed by atoms with van der Waals surface area (Å²) in [7, 11) is 4.67. The molecule has 0 bridgehead atoms. The number of hydrogen-bond acceptors (Lipinski definition) is 7. The van der Waals surface area contributed by atoms with Crippen LogP contribution in [0.3, 0.4) is 0 Å². The Bertz CT molecular complexity index is 1320. The fraction of sp³-hybridized carbons (Fsp3) is 0.214. The molecule has 3 aromatic carbocycles. The third-order valence-electron chi connectivity index (χ3n) is 5.82. The number of benzene rings is 3. The van der Waals surface area contributed by atoms with Crippen molar-refractivity contribution in [2.45, 2.75) is 18.7 Å². The molecule has 1 aliphatic rings. The molecule has 1 aliphatic heterocycles. The number of carbonyl (C=O) groups is 1. The van der Waals surface area contributed by atoms with E-state index in [-0.39, 0.29) is 5.91 Å². The van der Waals surface area contributed by atoms with Crippen molar-refractivity contribution in [3.63, 3.8) is 0 Å². The molecule has 1 heterocycles. The van der Waals surface area contributed by atoms with Crippen LogP contribution in [0.4, 0.5) is 5.69 Å². The third kappa shape index (κ3) is 6.03. The molecule has 0 aromatic heterocycles. The minimum Gasteiger partial charge on any atom is -0.493 e. The second-order valence-electron chi connectivity index (χ2n) is 8.16. The van der Waals surface area contributed by atoms with Crippen LogP contribution in [0.2, 0.25) is 5.02 Å². The van der Waals surface area contributed by atoms with E-state index in [0.29, 0.717) is 50.1 Å². The molecule has 192 valence electrons. The summed E-state index contributed by atoms with van der Waals surface area (Å²) in [6.07, 6.45) is 0. The number of nitrogens with one attached hydrogen (secondary N) is 2. The number of rotatable bonds is 8. The van der Waals surface area contributed by atoms with Gasteiger partial charge in [0.1, 0.15) is 6.04 Å². The van der Waals surface area contributed by atoms with Gasteiger partial charge in [0.2, 0.25) is 5.75 Å². The number of thioether (sulfide) groups is 1. The number of hydrogen-bond donors (Lipinski definition) is 2. The normalized spacial score (nSPS) is 14.9. The summed E-state index contributed by atoms with van der Waals surface area (Å²) in [6, 6.07) is 20.0. The predicted molar refractivity (Wildman–Crippen MR) is 150 cm³/mol. The maximum Gasteiger partial charge on any atom is 0.255 e. The van der Waals surface area contributed by atoms with Crippen molar-refractivity contribution in [1.82, 2.24) is 5.32 Å². The zero-order valence-electron chi connectivity index (χ0n) is 21.0. The van der Waals surface area contributed by atoms with Crippen molar-refractivity contribution >= 4 is 40.1 Å². The molecular weight excluding hydrogens is 510 g/mol. The van der Waals surface area contributed by atoms with Crippen LogP contribution < -0.4 is 24.8 Å². The summed E-state index contributed by atoms with van der Waals surface area (Å²) >= 11 is 7.87. The number of halogens is 1. The summed E-state index contributed by atoms with van der Waals surface area (Å²) < 4.78 is 16.6. The Labute approximate surface area is 225 Å². The van der Waals surface area contributed by atoms with E-state index >= 15 is 0 Å². The number of nitrogens with zero attached hydrogens (tertiary/aromatic N) is 1. The van der Waals surface area contributed by atoms with E-state index < -0.39 is 6.04 Å². The minimum atomic E-state index is -0.618. The molecule has 3 aromatic rings. The van der Waals surface area contributed by atoms with Crippen molar-refractivity contribution in [2.24, 2.45) is 4.99 Å². The number of amides is 1. The van der Waals surface area contributed by atoms with Crippen molar-refractivity contribution < 1.29 is 19.0 Å². The van der Waals surface area contributed by atoms with Crippen LogP contribution in [-0.2, 0) is 10.5 Å². The molecule has 0 radical (unpaired) electrons. The molecule has 0 fully saturated rings. The maximum atomic E-state index is 13.5. The van der Waals surface area contributed by atoms with Gasteiger partial charge < -0.3 is 24.8 Å². The van der Waals surface area contributed by atoms with Gasteiger partial charge in [0.15, 0.2) is 16.7 Å². The lowest BCUT2D eigenvalue weighted by molar-refractivity contribution is -0.113. The van der Waals surface area contributed by atoms with E-state index in [2.05, 4.69) is 10.6 Å². The fourth-order valence-electron chi connectivity index (χ4n) is 4.00. The summed E-state index contributed by atoms with van der Waals surface area (Å²) in [5.41, 5.74) is 3.60. The minimum absolute atomic E-state index is 0.256. The van der Waals surface area contributed by atoms with Crippen LogP contribution in [0.1, 0.15) is 24.1 Å². The standard InChI is InChI=1S/C28H28ClN3O4S/c1-17-24(27(33)31-20-11-6-5-7-12-20)25(19-14-22(34-2)26(36-4)23(15-19)35-3)32-28(30-17)37-16-18-10-8-9-13-21(18)29/h5-15,25H,16H2,1-4H3,(H,30,32)(H,31,33)/t25-/m0/s1. The molecule has 0 unspecified atom stereocenters. The molecule has 9 heteroatoms. The Morgan fingerprint density at radius 3 is 2.27 bits per heavy atom. The Hall–Kier alpha value is -3.62. The second-order valence-corrected chi connectivity index (χ2v) is 9.53. The van der Waals surface area contributed by atoms with Crippen LogP contribution in [0.5, 0.6) is 17.2 Å². The lowest BCUT2D eigenvalue weighted by Gasteiger charge is -2.27. The molecule has 37 heavy (non-hydrogen) atoms. The first-order valence-electron chi connectivity index (χ1n) is 11.5. The van der Waals surface area contributed by atoms with Crippen LogP contribution in [0, 0.1) is 0 Å². The summed E-state index contributed by atoms with van der Waals surface area (Å²) in [5, 5.41) is 7.66. The number of allylic oxidation sites excluding steroid dienone is 1. The van der Waals surface area contributed by atoms with Crippen molar-refractivity contribution in [3.05, 3.63) is 94.1 Å². The van der Waals surface area contributed by atoms with Crippen LogP contribution in [0.15, 0.2) is 83.0 Å². The first-order chi connectivity index (χ1) is 17.9. The van der Waals surface area contributed by atoms with E-state index in [4.69, 9.17) is 30.8 Å². The van der Waals surface area contributed by atoms with Gasteiger partial charge >= 0.3 is 0 Å². The highest BCUT2D eigenvalue weighted by molar-refractivity contribution is 8.13. The summed E-state index contributed by atoms with van der Waals surface area (Å²) in [4.78, 5) is 18.5. The zero-order chi connectivity index (χ0) is 26.4. The first-order valence-corrected chi connectivity index (χ1v) is 12.9. The van der Waals surface area contributed by atoms with Gasteiger partial charge in [-0.05, 0) is 48.4 Å². The number of ether oxygens (including phenoxy) is 3. The number of carbonyl (C=O) groups excluding carboxylic acids is 1. The molecule has 0 saturated carbocycles. The molecule has 1 atom stereocenters. The van der Waals surface area contributed by atoms with Crippen molar-refractivity contribution in [1.29, 1.82) is 0 Å². The van der Waals surface area contributed by atoms with E-state index in [1.807, 2.05) is 73.7 Å². The highest BCUT2D eigenvalue weighted by atomic mass is 35.5. The first kappa shape index (κ1) is 26.4. The monoisotopic (exact) mass is 537 g/mol. The Kier molecular flexibility index (Phi) is 8.63. The molecule has 1 amide bonds. The van der Waals surface area contributed by atoms with Crippen molar-refractivity contribution in [3.8, 4) is 17.2 Å². The van der Waals surface area contributed by atoms with Gasteiger partial charge in [-0.2, -0.15) is 0 Å². The second kappa shape index (κ2) is 12.1. The molecule has 7 nitrogen and oxygen atoms in total. The zero-order valence-corrected chi connectivity index (χ0v) is 22.6. The fourth-order valence-corrected chi connectivity index (χ4v) is 5.23. The topological polar surface area (TPSA) is 81.2 Å². The van der Waals surface area contributed by atoms with E-state index in [9.17, 15) is 4.79 Å². The maximum absolute atomic E-state index is 13.5. The number of amidine groups is 1. The van der Waals surface area contributed by atoms with E-state index in [0.717, 1.165) is 11.1 Å². The molecule has 0 saturated heterocycles. The van der Waals surface area contributed by atoms with Gasteiger partial charge in [0, 0.05) is 22.2 Å². The molecule has 0 aliphatic carbocycles. The highest BCUT2D eigenvalue weighted by Crippen LogP contribution is 2.43. The van der Waals surface area contributed by atoms with Gasteiger partial charge in [-0.1, -0.05) is 59.8 Å². The van der Waals surface area contributed by atoms with E-state index in [1.165, 1.54) is 11.8 Å². The van der Waals surface area contributed by atoms with E-state index in [1.54, 1.807) is 21.3 Å². The molecule has 0 spiro atoms. The molecule has 2 N–H and O–H groups in total. The van der Waals surface area contributed by atoms with Gasteiger partial charge in [0.05, 0.1) is 26.9 Å². The smallest absolute Gasteiger partial charge is 0.255 e. The SMILES string of the molecule is COc1cc([C@@H]2N=C(SCc3ccccc3Cl)NC(C)=C2C(=O)Nc2ccccc2)cc(OC)c1OC. The van der Waals surface area contributed by atoms with Gasteiger partial charge in [-0.3, -0.25) is 4.79 Å². The van der Waals surface area contributed by atoms with Crippen LogP contribution in [-0.4, -0.2) is 32.4 Å². The molecule has 4 rings (SSSR count). The van der Waals surface area contributed by atoms with Gasteiger partial charge in [-0.15, -0.1) is 0 Å². The summed E-state index contributed by atoms with van der Waals surface area (Å²) in [5.74, 6) is 1.80. The number of aliphatic imine (C=N–C) groups is 1. The van der Waals surface area contributed by atoms with Crippen molar-refractivity contribution in [2.75, 3.05) is 26.6 Å². The Balaban J connectivity index is 1.73. The quantitative estimate of drug-likeness (QED) is 0.355. The van der Waals surface area contributed by atoms with Crippen LogP contribution in [0.25, 0.3) is 0 Å². The van der Waals surface area contributed by atoms with Gasteiger partial charge in [0.25, 0.3) is 5.91 Å². The Morgan fingerprint density at radius 2 is 1.65 bits per heavy atom. The average molecular weight is 538 g/mol. The number of para-hydroxylation sites is 1. The number of methoxy groups -OCH3 is 3. The number of anilines is 1. The lowest BCUT2D eigenvalue weighted by Crippen LogP contribution is -2.32. The third-order valence-corrected chi connectivity index (χ3v) is 7.12. The summed E-state index contributed by atoms with van der Waals surface area (Å²) in [6.45, 7) is 1.87. The lowest BCUT2D eigenvalue weighted by atomic mass is 9.95.